The molecule has 0 saturated heterocycles. The molecule has 4 heteroatoms. The van der Waals surface area contributed by atoms with E-state index in [2.05, 4.69) is 6.58 Å². The zero-order valence-electron chi connectivity index (χ0n) is 7.78. The van der Waals surface area contributed by atoms with Crippen molar-refractivity contribution in [3.8, 4) is 0 Å². The highest BCUT2D eigenvalue weighted by Crippen LogP contribution is 1.95. The Morgan fingerprint density at radius 3 is 2.62 bits per heavy atom. The van der Waals surface area contributed by atoms with Gasteiger partial charge in [0.2, 0.25) is 0 Å². The van der Waals surface area contributed by atoms with E-state index in [-0.39, 0.29) is 13.2 Å². The van der Waals surface area contributed by atoms with Crippen molar-refractivity contribution >= 4 is 5.97 Å². The van der Waals surface area contributed by atoms with Gasteiger partial charge in [-0.1, -0.05) is 6.08 Å². The summed E-state index contributed by atoms with van der Waals surface area (Å²) in [5, 5.41) is 17.1. The molecule has 0 bridgehead atoms. The summed E-state index contributed by atoms with van der Waals surface area (Å²) in [6, 6.07) is 0. The fraction of sp³-hybridized carbons (Fsp3) is 0.667. The second kappa shape index (κ2) is 7.76. The molecule has 0 unspecified atom stereocenters. The maximum atomic E-state index is 10.4. The first kappa shape index (κ1) is 12.1. The molecule has 0 amide bonds. The van der Waals surface area contributed by atoms with Crippen LogP contribution in [0.4, 0.5) is 0 Å². The van der Waals surface area contributed by atoms with Crippen molar-refractivity contribution in [3.63, 3.8) is 0 Å². The van der Waals surface area contributed by atoms with Gasteiger partial charge in [0, 0.05) is 13.2 Å². The van der Waals surface area contributed by atoms with Crippen LogP contribution in [0.2, 0.25) is 0 Å². The first-order valence-electron chi connectivity index (χ1n) is 4.36. The Kier molecular flexibility index (Phi) is 7.24. The lowest BCUT2D eigenvalue weighted by molar-refractivity contribution is -0.138. The van der Waals surface area contributed by atoms with Gasteiger partial charge in [0.25, 0.3) is 0 Å². The van der Waals surface area contributed by atoms with E-state index in [4.69, 9.17) is 10.2 Å². The largest absolute Gasteiger partial charge is 0.480 e. The third kappa shape index (κ3) is 7.49. The van der Waals surface area contributed by atoms with Crippen molar-refractivity contribution < 1.29 is 15.0 Å². The number of unbranched alkanes of at least 4 members (excludes halogenated alkanes) is 1. The van der Waals surface area contributed by atoms with Crippen molar-refractivity contribution in [1.82, 2.24) is 4.90 Å². The Balaban J connectivity index is 3.65. The van der Waals surface area contributed by atoms with Crippen LogP contribution < -0.4 is 0 Å². The van der Waals surface area contributed by atoms with Crippen molar-refractivity contribution in [1.29, 1.82) is 0 Å². The number of carbonyl (C=O) groups is 1. The number of hydrogen-bond donors (Lipinski definition) is 2. The monoisotopic (exact) mass is 187 g/mol. The van der Waals surface area contributed by atoms with Gasteiger partial charge in [-0.05, 0) is 19.4 Å². The molecular formula is C9H17NO3. The topological polar surface area (TPSA) is 60.8 Å². The molecular weight excluding hydrogens is 170 g/mol. The third-order valence-corrected chi connectivity index (χ3v) is 1.63. The summed E-state index contributed by atoms with van der Waals surface area (Å²) in [5.41, 5.74) is 0. The summed E-state index contributed by atoms with van der Waals surface area (Å²) in [7, 11) is 0. The van der Waals surface area contributed by atoms with E-state index < -0.39 is 5.97 Å². The summed E-state index contributed by atoms with van der Waals surface area (Å²) in [4.78, 5) is 12.2. The molecule has 0 aliphatic heterocycles. The van der Waals surface area contributed by atoms with E-state index in [9.17, 15) is 4.79 Å². The van der Waals surface area contributed by atoms with E-state index in [0.29, 0.717) is 19.5 Å². The highest BCUT2D eigenvalue weighted by atomic mass is 16.4. The van der Waals surface area contributed by atoms with Crippen LogP contribution in [0.1, 0.15) is 12.8 Å². The average Bonchev–Trinajstić information content (AvgIpc) is 2.04. The Bertz CT molecular complexity index is 159. The number of hydrogen-bond acceptors (Lipinski definition) is 3. The van der Waals surface area contributed by atoms with E-state index >= 15 is 0 Å². The van der Waals surface area contributed by atoms with Gasteiger partial charge in [-0.3, -0.25) is 9.69 Å². The van der Waals surface area contributed by atoms with Gasteiger partial charge >= 0.3 is 5.97 Å². The minimum Gasteiger partial charge on any atom is -0.480 e. The van der Waals surface area contributed by atoms with Gasteiger partial charge in [0.1, 0.15) is 0 Å². The fourth-order valence-electron chi connectivity index (χ4n) is 1.06. The SMILES string of the molecule is C=CCN(CCCCO)CC(=O)O. The van der Waals surface area contributed by atoms with E-state index in [1.165, 1.54) is 0 Å². The summed E-state index contributed by atoms with van der Waals surface area (Å²) in [6.07, 6.45) is 3.22. The standard InChI is InChI=1S/C9H17NO3/c1-2-5-10(8-9(12)13)6-3-4-7-11/h2,11H,1,3-8H2,(H,12,13). The second-order valence-corrected chi connectivity index (χ2v) is 2.85. The minimum absolute atomic E-state index is 0.0391. The van der Waals surface area contributed by atoms with Crippen molar-refractivity contribution in [2.45, 2.75) is 12.8 Å². The molecule has 0 heterocycles. The molecule has 0 rings (SSSR count). The van der Waals surface area contributed by atoms with Crippen LogP contribution in [-0.4, -0.2) is 47.3 Å². The van der Waals surface area contributed by atoms with Crippen LogP contribution in [0.5, 0.6) is 0 Å². The van der Waals surface area contributed by atoms with E-state index in [0.717, 1.165) is 6.42 Å². The zero-order chi connectivity index (χ0) is 10.1. The van der Waals surface area contributed by atoms with Gasteiger partial charge in [0.05, 0.1) is 6.54 Å². The number of aliphatic hydroxyl groups excluding tert-OH is 1. The van der Waals surface area contributed by atoms with Crippen LogP contribution in [0, 0.1) is 0 Å². The number of aliphatic carboxylic acids is 1. The molecule has 0 aromatic heterocycles. The normalized spacial score (nSPS) is 10.3. The molecule has 2 N–H and O–H groups in total. The summed E-state index contributed by atoms with van der Waals surface area (Å²) >= 11 is 0. The Morgan fingerprint density at radius 1 is 1.46 bits per heavy atom. The molecule has 0 aliphatic rings. The van der Waals surface area contributed by atoms with E-state index in [1.54, 1.807) is 11.0 Å². The van der Waals surface area contributed by atoms with Crippen molar-refractivity contribution in [2.24, 2.45) is 0 Å². The molecule has 4 nitrogen and oxygen atoms in total. The van der Waals surface area contributed by atoms with Crippen LogP contribution in [0.25, 0.3) is 0 Å². The Hall–Kier alpha value is -0.870. The first-order valence-corrected chi connectivity index (χ1v) is 4.36. The molecule has 0 aromatic carbocycles. The van der Waals surface area contributed by atoms with E-state index in [1.807, 2.05) is 0 Å². The second-order valence-electron chi connectivity index (χ2n) is 2.85. The van der Waals surface area contributed by atoms with Crippen LogP contribution in [0.15, 0.2) is 12.7 Å². The molecule has 0 aromatic rings. The lowest BCUT2D eigenvalue weighted by Gasteiger charge is -2.17. The number of rotatable bonds is 8. The van der Waals surface area contributed by atoms with Gasteiger partial charge in [0.15, 0.2) is 0 Å². The summed E-state index contributed by atoms with van der Waals surface area (Å²) in [6.45, 7) is 5.03. The molecule has 13 heavy (non-hydrogen) atoms. The Morgan fingerprint density at radius 2 is 2.15 bits per heavy atom. The zero-order valence-corrected chi connectivity index (χ0v) is 7.78. The van der Waals surface area contributed by atoms with Gasteiger partial charge < -0.3 is 10.2 Å². The lowest BCUT2D eigenvalue weighted by Crippen LogP contribution is -2.30. The van der Waals surface area contributed by atoms with Gasteiger partial charge in [-0.25, -0.2) is 0 Å². The highest BCUT2D eigenvalue weighted by Gasteiger charge is 2.06. The minimum atomic E-state index is -0.828. The van der Waals surface area contributed by atoms with Crippen molar-refractivity contribution in [3.05, 3.63) is 12.7 Å². The maximum Gasteiger partial charge on any atom is 0.317 e. The molecule has 0 aliphatic carbocycles. The predicted molar refractivity (Wildman–Crippen MR) is 50.6 cm³/mol. The fourth-order valence-corrected chi connectivity index (χ4v) is 1.06. The number of nitrogens with zero attached hydrogens (tertiary/aromatic N) is 1. The first-order chi connectivity index (χ1) is 6.20. The molecule has 0 fully saturated rings. The molecule has 0 radical (unpaired) electrons. The van der Waals surface area contributed by atoms with Gasteiger partial charge in [-0.15, -0.1) is 6.58 Å². The highest BCUT2D eigenvalue weighted by molar-refractivity contribution is 5.69. The van der Waals surface area contributed by atoms with Crippen LogP contribution in [0.3, 0.4) is 0 Å². The third-order valence-electron chi connectivity index (χ3n) is 1.63. The number of aliphatic hydroxyl groups is 1. The maximum absolute atomic E-state index is 10.4. The van der Waals surface area contributed by atoms with Crippen LogP contribution >= 0.6 is 0 Å². The predicted octanol–water partition coefficient (Wildman–Crippen LogP) is 0.331. The quantitative estimate of drug-likeness (QED) is 0.424. The number of carboxylic acid groups (broad SMARTS) is 1. The summed E-state index contributed by atoms with van der Waals surface area (Å²) < 4.78 is 0. The molecule has 0 saturated carbocycles. The molecule has 0 spiro atoms. The average molecular weight is 187 g/mol. The Labute approximate surface area is 78.5 Å². The van der Waals surface area contributed by atoms with Crippen molar-refractivity contribution in [2.75, 3.05) is 26.2 Å². The number of carboxylic acids is 1. The molecule has 76 valence electrons. The van der Waals surface area contributed by atoms with Gasteiger partial charge in [-0.2, -0.15) is 0 Å². The molecule has 0 atom stereocenters. The smallest absolute Gasteiger partial charge is 0.317 e. The van der Waals surface area contributed by atoms with Crippen LogP contribution in [-0.2, 0) is 4.79 Å². The summed E-state index contributed by atoms with van der Waals surface area (Å²) in [5.74, 6) is -0.828. The lowest BCUT2D eigenvalue weighted by atomic mass is 10.3.